The Morgan fingerprint density at radius 1 is 1.35 bits per heavy atom. The van der Waals surface area contributed by atoms with Crippen LogP contribution in [0.5, 0.6) is 0 Å². The van der Waals surface area contributed by atoms with Gasteiger partial charge in [-0.2, -0.15) is 0 Å². The molecule has 0 spiro atoms. The van der Waals surface area contributed by atoms with Crippen molar-refractivity contribution in [3.05, 3.63) is 34.9 Å². The molecule has 1 rings (SSSR count). The van der Waals surface area contributed by atoms with Crippen LogP contribution in [0.2, 0.25) is 5.02 Å². The Morgan fingerprint density at radius 2 is 1.95 bits per heavy atom. The van der Waals surface area contributed by atoms with Gasteiger partial charge in [0.2, 0.25) is 5.91 Å². The molecule has 0 bridgehead atoms. The van der Waals surface area contributed by atoms with Crippen LogP contribution in [0.1, 0.15) is 38.9 Å². The van der Waals surface area contributed by atoms with Gasteiger partial charge in [-0.25, -0.2) is 0 Å². The lowest BCUT2D eigenvalue weighted by atomic mass is 10.0. The molecule has 20 heavy (non-hydrogen) atoms. The second-order valence-electron chi connectivity index (χ2n) is 4.65. The molecular weight excluding hydrogens is 278 g/mol. The average molecular weight is 300 g/mol. The number of nitrogens with one attached hydrogen (secondary N) is 1. The average Bonchev–Trinajstić information content (AvgIpc) is 2.44. The SMILES string of the molecule is CCOC(CC)C(=O)NC(C)C(O)c1ccc(Cl)cc1. The van der Waals surface area contributed by atoms with E-state index in [0.29, 0.717) is 23.6 Å². The van der Waals surface area contributed by atoms with Crippen LogP contribution >= 0.6 is 11.6 Å². The van der Waals surface area contributed by atoms with Gasteiger partial charge in [-0.3, -0.25) is 4.79 Å². The van der Waals surface area contributed by atoms with Crippen molar-refractivity contribution in [2.45, 2.75) is 45.4 Å². The number of aliphatic hydroxyl groups is 1. The molecule has 1 aromatic rings. The molecule has 0 aliphatic rings. The van der Waals surface area contributed by atoms with Crippen LogP contribution in [0.3, 0.4) is 0 Å². The first-order valence-corrected chi connectivity index (χ1v) is 7.22. The Hall–Kier alpha value is -1.10. The highest BCUT2D eigenvalue weighted by Gasteiger charge is 2.22. The van der Waals surface area contributed by atoms with Crippen LogP contribution in [0.4, 0.5) is 0 Å². The number of carbonyl (C=O) groups is 1. The molecule has 4 nitrogen and oxygen atoms in total. The predicted molar refractivity (Wildman–Crippen MR) is 79.7 cm³/mol. The molecule has 5 heteroatoms. The molecule has 2 N–H and O–H groups in total. The van der Waals surface area contributed by atoms with E-state index in [1.54, 1.807) is 31.2 Å². The maximum Gasteiger partial charge on any atom is 0.249 e. The van der Waals surface area contributed by atoms with Crippen molar-refractivity contribution in [3.63, 3.8) is 0 Å². The Bertz CT molecular complexity index is 422. The normalized spacial score (nSPS) is 15.4. The molecule has 0 fully saturated rings. The van der Waals surface area contributed by atoms with Crippen molar-refractivity contribution in [3.8, 4) is 0 Å². The number of rotatable bonds is 7. The number of aliphatic hydroxyl groups excluding tert-OH is 1. The number of benzene rings is 1. The molecule has 0 saturated heterocycles. The summed E-state index contributed by atoms with van der Waals surface area (Å²) in [6.45, 7) is 5.98. The summed E-state index contributed by atoms with van der Waals surface area (Å²) in [5, 5.41) is 13.6. The summed E-state index contributed by atoms with van der Waals surface area (Å²) in [4.78, 5) is 12.0. The molecule has 0 radical (unpaired) electrons. The third kappa shape index (κ3) is 4.78. The zero-order chi connectivity index (χ0) is 15.1. The lowest BCUT2D eigenvalue weighted by molar-refractivity contribution is -0.134. The molecule has 0 aliphatic heterocycles. The van der Waals surface area contributed by atoms with Crippen molar-refractivity contribution in [1.29, 1.82) is 0 Å². The van der Waals surface area contributed by atoms with Gasteiger partial charge < -0.3 is 15.2 Å². The largest absolute Gasteiger partial charge is 0.386 e. The van der Waals surface area contributed by atoms with E-state index in [2.05, 4.69) is 5.32 Å². The van der Waals surface area contributed by atoms with Crippen LogP contribution in [-0.2, 0) is 9.53 Å². The van der Waals surface area contributed by atoms with Gasteiger partial charge in [0.1, 0.15) is 6.10 Å². The van der Waals surface area contributed by atoms with Crippen molar-refractivity contribution in [1.82, 2.24) is 5.32 Å². The fourth-order valence-electron chi connectivity index (χ4n) is 1.93. The lowest BCUT2D eigenvalue weighted by Gasteiger charge is -2.23. The van der Waals surface area contributed by atoms with Gasteiger partial charge in [0.15, 0.2) is 0 Å². The molecule has 0 aromatic heterocycles. The highest BCUT2D eigenvalue weighted by atomic mass is 35.5. The maximum absolute atomic E-state index is 12.0. The van der Waals surface area contributed by atoms with E-state index >= 15 is 0 Å². The van der Waals surface area contributed by atoms with Crippen molar-refractivity contribution in [2.24, 2.45) is 0 Å². The topological polar surface area (TPSA) is 58.6 Å². The smallest absolute Gasteiger partial charge is 0.249 e. The van der Waals surface area contributed by atoms with Gasteiger partial charge in [-0.1, -0.05) is 30.7 Å². The van der Waals surface area contributed by atoms with E-state index in [-0.39, 0.29) is 5.91 Å². The minimum Gasteiger partial charge on any atom is -0.386 e. The van der Waals surface area contributed by atoms with Crippen LogP contribution < -0.4 is 5.32 Å². The predicted octanol–water partition coefficient (Wildman–Crippen LogP) is 2.69. The van der Waals surface area contributed by atoms with Crippen molar-refractivity contribution >= 4 is 17.5 Å². The second-order valence-corrected chi connectivity index (χ2v) is 5.08. The molecule has 112 valence electrons. The maximum atomic E-state index is 12.0. The number of hydrogen-bond donors (Lipinski definition) is 2. The summed E-state index contributed by atoms with van der Waals surface area (Å²) in [5.41, 5.74) is 0.714. The van der Waals surface area contributed by atoms with Gasteiger partial charge in [-0.05, 0) is 38.0 Å². The third-order valence-electron chi connectivity index (χ3n) is 3.09. The van der Waals surface area contributed by atoms with E-state index in [1.165, 1.54) is 0 Å². The number of carbonyl (C=O) groups excluding carboxylic acids is 1. The number of ether oxygens (including phenoxy) is 1. The molecule has 3 unspecified atom stereocenters. The highest BCUT2D eigenvalue weighted by Crippen LogP contribution is 2.19. The summed E-state index contributed by atoms with van der Waals surface area (Å²) in [7, 11) is 0. The van der Waals surface area contributed by atoms with E-state index in [4.69, 9.17) is 16.3 Å². The first-order chi connectivity index (χ1) is 9.49. The first kappa shape index (κ1) is 17.0. The second kappa shape index (κ2) is 8.25. The highest BCUT2D eigenvalue weighted by molar-refractivity contribution is 6.30. The molecule has 0 saturated carbocycles. The fourth-order valence-corrected chi connectivity index (χ4v) is 2.05. The van der Waals surface area contributed by atoms with E-state index in [9.17, 15) is 9.90 Å². The van der Waals surface area contributed by atoms with Gasteiger partial charge >= 0.3 is 0 Å². The quantitative estimate of drug-likeness (QED) is 0.814. The summed E-state index contributed by atoms with van der Waals surface area (Å²) >= 11 is 5.81. The molecular formula is C15H22ClNO3. The van der Waals surface area contributed by atoms with E-state index < -0.39 is 18.2 Å². The van der Waals surface area contributed by atoms with E-state index in [0.717, 1.165) is 0 Å². The van der Waals surface area contributed by atoms with Gasteiger partial charge in [0.25, 0.3) is 0 Å². The van der Waals surface area contributed by atoms with Crippen LogP contribution in [0.25, 0.3) is 0 Å². The van der Waals surface area contributed by atoms with Crippen LogP contribution in [0.15, 0.2) is 24.3 Å². The zero-order valence-electron chi connectivity index (χ0n) is 12.1. The number of halogens is 1. The van der Waals surface area contributed by atoms with Gasteiger partial charge in [0, 0.05) is 11.6 Å². The lowest BCUT2D eigenvalue weighted by Crippen LogP contribution is -2.43. The summed E-state index contributed by atoms with van der Waals surface area (Å²) < 4.78 is 5.34. The fraction of sp³-hybridized carbons (Fsp3) is 0.533. The number of hydrogen-bond acceptors (Lipinski definition) is 3. The summed E-state index contributed by atoms with van der Waals surface area (Å²) in [6, 6.07) is 6.51. The van der Waals surface area contributed by atoms with Gasteiger partial charge in [-0.15, -0.1) is 0 Å². The molecule has 0 heterocycles. The summed E-state index contributed by atoms with van der Waals surface area (Å²) in [5.74, 6) is -0.199. The van der Waals surface area contributed by atoms with Crippen LogP contribution in [-0.4, -0.2) is 29.8 Å². The minimum atomic E-state index is -0.782. The standard InChI is InChI=1S/C15H22ClNO3/c1-4-13(20-5-2)15(19)17-10(3)14(18)11-6-8-12(16)9-7-11/h6-10,13-14,18H,4-5H2,1-3H3,(H,17,19). The number of amides is 1. The monoisotopic (exact) mass is 299 g/mol. The van der Waals surface area contributed by atoms with Crippen LogP contribution in [0, 0.1) is 0 Å². The first-order valence-electron chi connectivity index (χ1n) is 6.85. The molecule has 1 aromatic carbocycles. The van der Waals surface area contributed by atoms with Crippen molar-refractivity contribution in [2.75, 3.05) is 6.61 Å². The van der Waals surface area contributed by atoms with Crippen molar-refractivity contribution < 1.29 is 14.6 Å². The molecule has 1 amide bonds. The Morgan fingerprint density at radius 3 is 2.45 bits per heavy atom. The van der Waals surface area contributed by atoms with E-state index in [1.807, 2.05) is 13.8 Å². The zero-order valence-corrected chi connectivity index (χ0v) is 12.9. The summed E-state index contributed by atoms with van der Waals surface area (Å²) in [6.07, 6.45) is -0.654. The Kier molecular flexibility index (Phi) is 6.99. The Balaban J connectivity index is 2.63. The Labute approximate surface area is 125 Å². The molecule has 0 aliphatic carbocycles. The minimum absolute atomic E-state index is 0.199. The third-order valence-corrected chi connectivity index (χ3v) is 3.34. The van der Waals surface area contributed by atoms with Gasteiger partial charge in [0.05, 0.1) is 12.1 Å². The molecule has 3 atom stereocenters.